The van der Waals surface area contributed by atoms with E-state index in [0.717, 1.165) is 34.9 Å². The average Bonchev–Trinajstić information content (AvgIpc) is 3.22. The molecule has 0 bridgehead atoms. The molecule has 0 spiro atoms. The molecule has 1 fully saturated rings. The van der Waals surface area contributed by atoms with E-state index in [-0.39, 0.29) is 5.91 Å². The number of benzene rings is 2. The van der Waals surface area contributed by atoms with Crippen LogP contribution < -0.4 is 4.90 Å². The van der Waals surface area contributed by atoms with Crippen LogP contribution in [-0.4, -0.2) is 47.1 Å². The highest BCUT2D eigenvalue weighted by Crippen LogP contribution is 2.21. The van der Waals surface area contributed by atoms with Crippen LogP contribution in [0.2, 0.25) is 5.02 Å². The van der Waals surface area contributed by atoms with Crippen molar-refractivity contribution in [2.24, 2.45) is 0 Å². The molecule has 4 rings (SSSR count). The maximum absolute atomic E-state index is 12.6. The second-order valence-electron chi connectivity index (χ2n) is 7.17. The molecule has 0 unspecified atom stereocenters. The highest BCUT2D eigenvalue weighted by atomic mass is 35.5. The summed E-state index contributed by atoms with van der Waals surface area (Å²) >= 11 is 5.96. The second-order valence-corrected chi connectivity index (χ2v) is 7.61. The molecule has 1 aromatic heterocycles. The van der Waals surface area contributed by atoms with Gasteiger partial charge >= 0.3 is 0 Å². The number of hydrogen-bond donors (Lipinski definition) is 0. The third-order valence-electron chi connectivity index (χ3n) is 5.23. The Morgan fingerprint density at radius 1 is 1.07 bits per heavy atom. The van der Waals surface area contributed by atoms with Crippen LogP contribution in [0, 0.1) is 6.92 Å². The molecular weight excluding hydrogens is 388 g/mol. The van der Waals surface area contributed by atoms with Crippen molar-refractivity contribution in [1.29, 1.82) is 0 Å². The Morgan fingerprint density at radius 2 is 1.79 bits per heavy atom. The van der Waals surface area contributed by atoms with Gasteiger partial charge in [-0.2, -0.15) is 4.98 Å². The number of halogens is 1. The smallest absolute Gasteiger partial charge is 0.227 e. The second kappa shape index (κ2) is 8.66. The summed E-state index contributed by atoms with van der Waals surface area (Å²) < 4.78 is 5.35. The first-order valence-corrected chi connectivity index (χ1v) is 10.1. The lowest BCUT2D eigenvalue weighted by Gasteiger charge is -2.36. The van der Waals surface area contributed by atoms with Gasteiger partial charge in [0.2, 0.25) is 17.6 Å². The van der Waals surface area contributed by atoms with Crippen LogP contribution in [-0.2, 0) is 11.2 Å². The van der Waals surface area contributed by atoms with Gasteiger partial charge in [-0.1, -0.05) is 41.0 Å². The molecular formula is C22H23ClN4O2. The van der Waals surface area contributed by atoms with Crippen LogP contribution in [0.4, 0.5) is 5.69 Å². The van der Waals surface area contributed by atoms with Crippen molar-refractivity contribution in [3.05, 3.63) is 65.0 Å². The summed E-state index contributed by atoms with van der Waals surface area (Å²) in [5.74, 6) is 1.19. The molecule has 1 aliphatic rings. The lowest BCUT2D eigenvalue weighted by Crippen LogP contribution is -2.48. The molecule has 1 saturated heterocycles. The van der Waals surface area contributed by atoms with E-state index in [1.165, 1.54) is 0 Å². The molecule has 150 valence electrons. The summed E-state index contributed by atoms with van der Waals surface area (Å²) in [6.07, 6.45) is 0.825. The minimum Gasteiger partial charge on any atom is -0.368 e. The van der Waals surface area contributed by atoms with Crippen molar-refractivity contribution in [3.63, 3.8) is 0 Å². The summed E-state index contributed by atoms with van der Waals surface area (Å²) in [5.41, 5.74) is 3.18. The minimum atomic E-state index is 0.122. The molecule has 1 amide bonds. The Kier molecular flexibility index (Phi) is 5.81. The zero-order valence-electron chi connectivity index (χ0n) is 16.3. The molecule has 0 aliphatic carbocycles. The highest BCUT2D eigenvalue weighted by molar-refractivity contribution is 6.30. The van der Waals surface area contributed by atoms with Gasteiger partial charge in [-0.05, 0) is 36.8 Å². The Balaban J connectivity index is 1.29. The van der Waals surface area contributed by atoms with Crippen LogP contribution in [0.3, 0.4) is 0 Å². The molecule has 0 saturated carbocycles. The van der Waals surface area contributed by atoms with E-state index in [1.807, 2.05) is 60.4 Å². The van der Waals surface area contributed by atoms with Crippen molar-refractivity contribution in [3.8, 4) is 11.4 Å². The number of rotatable bonds is 5. The number of amides is 1. The third kappa shape index (κ3) is 4.59. The maximum Gasteiger partial charge on any atom is 0.227 e. The topological polar surface area (TPSA) is 62.5 Å². The predicted molar refractivity (Wildman–Crippen MR) is 113 cm³/mol. The summed E-state index contributed by atoms with van der Waals surface area (Å²) in [5, 5.41) is 4.79. The van der Waals surface area contributed by atoms with Crippen molar-refractivity contribution in [2.45, 2.75) is 19.8 Å². The number of nitrogens with zero attached hydrogens (tertiary/aromatic N) is 4. The monoisotopic (exact) mass is 410 g/mol. The van der Waals surface area contributed by atoms with Crippen LogP contribution in [0.1, 0.15) is 17.9 Å². The number of carbonyl (C=O) groups excluding carboxylic acids is 1. The molecule has 6 nitrogen and oxygen atoms in total. The first-order chi connectivity index (χ1) is 14.1. The van der Waals surface area contributed by atoms with Gasteiger partial charge in [0.25, 0.3) is 0 Å². The number of anilines is 1. The summed E-state index contributed by atoms with van der Waals surface area (Å²) in [4.78, 5) is 21.2. The molecule has 2 heterocycles. The van der Waals surface area contributed by atoms with E-state index in [2.05, 4.69) is 15.0 Å². The van der Waals surface area contributed by atoms with E-state index >= 15 is 0 Å². The quantitative estimate of drug-likeness (QED) is 0.636. The number of carbonyl (C=O) groups is 1. The van der Waals surface area contributed by atoms with Crippen molar-refractivity contribution in [1.82, 2.24) is 15.0 Å². The Bertz CT molecular complexity index is 978. The van der Waals surface area contributed by atoms with Crippen molar-refractivity contribution >= 4 is 23.2 Å². The standard InChI is InChI=1S/C22H23ClN4O2/c1-16-4-2-3-5-19(16)22-24-20(29-25-22)10-11-21(28)27-14-12-26(13-15-27)18-8-6-17(23)7-9-18/h2-9H,10-15H2,1H3. The SMILES string of the molecule is Cc1ccccc1-c1noc(CCC(=O)N2CCN(c3ccc(Cl)cc3)CC2)n1. The molecule has 2 aromatic carbocycles. The molecule has 1 aliphatic heterocycles. The first-order valence-electron chi connectivity index (χ1n) is 9.77. The maximum atomic E-state index is 12.6. The van der Waals surface area contributed by atoms with Gasteiger partial charge in [0.05, 0.1) is 0 Å². The first kappa shape index (κ1) is 19.5. The van der Waals surface area contributed by atoms with E-state index in [4.69, 9.17) is 16.1 Å². The van der Waals surface area contributed by atoms with Gasteiger partial charge in [-0.25, -0.2) is 0 Å². The van der Waals surface area contributed by atoms with Gasteiger partial charge in [0.15, 0.2) is 0 Å². The summed E-state index contributed by atoms with van der Waals surface area (Å²) in [6.45, 7) is 5.05. The highest BCUT2D eigenvalue weighted by Gasteiger charge is 2.22. The zero-order chi connectivity index (χ0) is 20.2. The summed E-state index contributed by atoms with van der Waals surface area (Å²) in [6, 6.07) is 15.7. The minimum absolute atomic E-state index is 0.122. The zero-order valence-corrected chi connectivity index (χ0v) is 17.1. The average molecular weight is 411 g/mol. The van der Waals surface area contributed by atoms with Crippen LogP contribution in [0.25, 0.3) is 11.4 Å². The number of hydrogen-bond acceptors (Lipinski definition) is 5. The third-order valence-corrected chi connectivity index (χ3v) is 5.48. The van der Waals surface area contributed by atoms with Gasteiger partial charge in [0.1, 0.15) is 0 Å². The normalized spacial score (nSPS) is 14.3. The van der Waals surface area contributed by atoms with Gasteiger partial charge in [-0.15, -0.1) is 0 Å². The lowest BCUT2D eigenvalue weighted by molar-refractivity contribution is -0.131. The van der Waals surface area contributed by atoms with E-state index in [1.54, 1.807) is 0 Å². The molecule has 7 heteroatoms. The number of aromatic nitrogens is 2. The fraction of sp³-hybridized carbons (Fsp3) is 0.318. The Morgan fingerprint density at radius 3 is 2.52 bits per heavy atom. The van der Waals surface area contributed by atoms with Gasteiger partial charge in [-0.3, -0.25) is 4.79 Å². The fourth-order valence-electron chi connectivity index (χ4n) is 3.53. The van der Waals surface area contributed by atoms with Crippen LogP contribution in [0.15, 0.2) is 53.1 Å². The van der Waals surface area contributed by atoms with Gasteiger partial charge < -0.3 is 14.3 Å². The fourth-order valence-corrected chi connectivity index (χ4v) is 3.65. The molecule has 0 atom stereocenters. The van der Waals surface area contributed by atoms with E-state index in [9.17, 15) is 4.79 Å². The Hall–Kier alpha value is -2.86. The number of piperazine rings is 1. The lowest BCUT2D eigenvalue weighted by atomic mass is 10.1. The van der Waals surface area contributed by atoms with Crippen LogP contribution in [0.5, 0.6) is 0 Å². The molecule has 0 radical (unpaired) electrons. The molecule has 0 N–H and O–H groups in total. The predicted octanol–water partition coefficient (Wildman–Crippen LogP) is 3.98. The van der Waals surface area contributed by atoms with Crippen LogP contribution >= 0.6 is 11.6 Å². The molecule has 29 heavy (non-hydrogen) atoms. The summed E-state index contributed by atoms with van der Waals surface area (Å²) in [7, 11) is 0. The van der Waals surface area contributed by atoms with Crippen molar-refractivity contribution in [2.75, 3.05) is 31.1 Å². The largest absolute Gasteiger partial charge is 0.368 e. The molecule has 3 aromatic rings. The Labute approximate surface area is 175 Å². The van der Waals surface area contributed by atoms with Crippen molar-refractivity contribution < 1.29 is 9.32 Å². The van der Waals surface area contributed by atoms with E-state index < -0.39 is 0 Å². The van der Waals surface area contributed by atoms with Gasteiger partial charge in [0, 0.05) is 55.3 Å². The van der Waals surface area contributed by atoms with E-state index in [0.29, 0.717) is 37.6 Å². The number of aryl methyl sites for hydroxylation is 2.